The fraction of sp³-hybridized carbons (Fsp3) is 0.714. The van der Waals surface area contributed by atoms with E-state index in [9.17, 15) is 0 Å². The predicted molar refractivity (Wildman–Crippen MR) is 70.8 cm³/mol. The van der Waals surface area contributed by atoms with Crippen molar-refractivity contribution in [2.75, 3.05) is 26.8 Å². The standard InChI is InChI=1S/C14H21N3O2/c1-11-15-6-4-12(16-11)8-17-9-13(18-2)14(10-17)5-3-7-19-14/h4,6,13H,3,5,7-10H2,1-2H3/t13-,14-/m0/s1. The molecule has 5 heteroatoms. The topological polar surface area (TPSA) is 47.5 Å². The Morgan fingerprint density at radius 1 is 1.58 bits per heavy atom. The van der Waals surface area contributed by atoms with Crippen molar-refractivity contribution < 1.29 is 9.47 Å². The number of aryl methyl sites for hydroxylation is 1. The summed E-state index contributed by atoms with van der Waals surface area (Å²) in [6, 6.07) is 1.98. The van der Waals surface area contributed by atoms with Gasteiger partial charge in [-0.15, -0.1) is 0 Å². The smallest absolute Gasteiger partial charge is 0.125 e. The molecule has 0 aromatic carbocycles. The third-order valence-corrected chi connectivity index (χ3v) is 4.14. The van der Waals surface area contributed by atoms with E-state index in [1.54, 1.807) is 7.11 Å². The van der Waals surface area contributed by atoms with Crippen molar-refractivity contribution in [3.8, 4) is 0 Å². The van der Waals surface area contributed by atoms with Gasteiger partial charge in [-0.2, -0.15) is 0 Å². The Morgan fingerprint density at radius 2 is 2.47 bits per heavy atom. The van der Waals surface area contributed by atoms with Gasteiger partial charge in [-0.05, 0) is 25.8 Å². The predicted octanol–water partition coefficient (Wildman–Crippen LogP) is 1.16. The highest BCUT2D eigenvalue weighted by Crippen LogP contribution is 2.37. The van der Waals surface area contributed by atoms with Gasteiger partial charge in [0, 0.05) is 39.5 Å². The van der Waals surface area contributed by atoms with Crippen LogP contribution in [-0.4, -0.2) is 53.4 Å². The van der Waals surface area contributed by atoms with Crippen LogP contribution in [0.1, 0.15) is 24.4 Å². The molecule has 0 amide bonds. The first-order valence-corrected chi connectivity index (χ1v) is 6.89. The number of aromatic nitrogens is 2. The maximum atomic E-state index is 6.00. The van der Waals surface area contributed by atoms with Crippen molar-refractivity contribution in [2.45, 2.75) is 38.0 Å². The molecule has 3 heterocycles. The number of methoxy groups -OCH3 is 1. The summed E-state index contributed by atoms with van der Waals surface area (Å²) in [5.41, 5.74) is 0.981. The van der Waals surface area contributed by atoms with Crippen LogP contribution in [0.3, 0.4) is 0 Å². The lowest BCUT2D eigenvalue weighted by molar-refractivity contribution is -0.0756. The van der Waals surface area contributed by atoms with Crippen LogP contribution < -0.4 is 0 Å². The first kappa shape index (κ1) is 13.0. The van der Waals surface area contributed by atoms with Gasteiger partial charge in [-0.3, -0.25) is 4.90 Å². The summed E-state index contributed by atoms with van der Waals surface area (Å²) in [6.45, 7) is 5.48. The SMILES string of the molecule is CO[C@H]1CN(Cc2ccnc(C)n2)C[C@@]12CCCO2. The van der Waals surface area contributed by atoms with Gasteiger partial charge in [0.15, 0.2) is 0 Å². The summed E-state index contributed by atoms with van der Waals surface area (Å²) >= 11 is 0. The first-order chi connectivity index (χ1) is 9.22. The minimum atomic E-state index is -0.0865. The number of hydrogen-bond acceptors (Lipinski definition) is 5. The fourth-order valence-corrected chi connectivity index (χ4v) is 3.28. The second kappa shape index (κ2) is 5.15. The lowest BCUT2D eigenvalue weighted by atomic mass is 9.97. The van der Waals surface area contributed by atoms with E-state index in [0.29, 0.717) is 0 Å². The normalized spacial score (nSPS) is 31.4. The minimum absolute atomic E-state index is 0.0865. The molecular weight excluding hydrogens is 242 g/mol. The minimum Gasteiger partial charge on any atom is -0.377 e. The molecule has 3 rings (SSSR count). The van der Waals surface area contributed by atoms with Crippen molar-refractivity contribution in [3.63, 3.8) is 0 Å². The summed E-state index contributed by atoms with van der Waals surface area (Å²) < 4.78 is 11.6. The summed E-state index contributed by atoms with van der Waals surface area (Å²) in [5, 5.41) is 0. The Morgan fingerprint density at radius 3 is 3.16 bits per heavy atom. The van der Waals surface area contributed by atoms with Crippen LogP contribution in [-0.2, 0) is 16.0 Å². The van der Waals surface area contributed by atoms with E-state index in [1.165, 1.54) is 0 Å². The average Bonchev–Trinajstić information content (AvgIpc) is 2.98. The van der Waals surface area contributed by atoms with E-state index in [4.69, 9.17) is 9.47 Å². The molecule has 5 nitrogen and oxygen atoms in total. The molecule has 2 aliphatic heterocycles. The molecule has 0 unspecified atom stereocenters. The van der Waals surface area contributed by atoms with E-state index in [0.717, 1.165) is 50.6 Å². The van der Waals surface area contributed by atoms with Crippen molar-refractivity contribution in [1.29, 1.82) is 0 Å². The number of hydrogen-bond donors (Lipinski definition) is 0. The molecule has 0 bridgehead atoms. The van der Waals surface area contributed by atoms with E-state index in [-0.39, 0.29) is 11.7 Å². The molecular formula is C14H21N3O2. The molecule has 1 aromatic rings. The molecule has 1 aromatic heterocycles. The van der Waals surface area contributed by atoms with Gasteiger partial charge in [-0.25, -0.2) is 9.97 Å². The van der Waals surface area contributed by atoms with E-state index >= 15 is 0 Å². The zero-order valence-corrected chi connectivity index (χ0v) is 11.6. The van der Waals surface area contributed by atoms with Gasteiger partial charge in [0.05, 0.1) is 11.8 Å². The maximum absolute atomic E-state index is 6.00. The summed E-state index contributed by atoms with van der Waals surface area (Å²) in [4.78, 5) is 11.0. The van der Waals surface area contributed by atoms with Gasteiger partial charge in [0.25, 0.3) is 0 Å². The summed E-state index contributed by atoms with van der Waals surface area (Å²) in [7, 11) is 1.78. The second-order valence-electron chi connectivity index (χ2n) is 5.51. The van der Waals surface area contributed by atoms with Crippen molar-refractivity contribution in [1.82, 2.24) is 14.9 Å². The molecule has 0 aliphatic carbocycles. The third-order valence-electron chi connectivity index (χ3n) is 4.14. The van der Waals surface area contributed by atoms with Crippen LogP contribution in [0.4, 0.5) is 0 Å². The maximum Gasteiger partial charge on any atom is 0.125 e. The molecule has 1 spiro atoms. The van der Waals surface area contributed by atoms with Crippen LogP contribution in [0.5, 0.6) is 0 Å². The van der Waals surface area contributed by atoms with Crippen molar-refractivity contribution in [2.24, 2.45) is 0 Å². The van der Waals surface area contributed by atoms with E-state index in [1.807, 2.05) is 19.2 Å². The Kier molecular flexibility index (Phi) is 3.52. The van der Waals surface area contributed by atoms with Gasteiger partial charge in [0.1, 0.15) is 11.4 Å². The summed E-state index contributed by atoms with van der Waals surface area (Å²) in [5.74, 6) is 0.826. The molecule has 2 aliphatic rings. The zero-order valence-electron chi connectivity index (χ0n) is 11.6. The highest BCUT2D eigenvalue weighted by molar-refractivity contribution is 5.06. The zero-order chi connectivity index (χ0) is 13.3. The monoisotopic (exact) mass is 263 g/mol. The first-order valence-electron chi connectivity index (χ1n) is 6.89. The van der Waals surface area contributed by atoms with Crippen LogP contribution in [0.15, 0.2) is 12.3 Å². The molecule has 0 N–H and O–H groups in total. The summed E-state index contributed by atoms with van der Waals surface area (Å²) in [6.07, 6.45) is 4.24. The Labute approximate surface area is 113 Å². The molecule has 0 radical (unpaired) electrons. The Balaban J connectivity index is 1.70. The highest BCUT2D eigenvalue weighted by atomic mass is 16.6. The van der Waals surface area contributed by atoms with Crippen molar-refractivity contribution in [3.05, 3.63) is 23.8 Å². The lowest BCUT2D eigenvalue weighted by Crippen LogP contribution is -2.41. The van der Waals surface area contributed by atoms with Crippen molar-refractivity contribution >= 4 is 0 Å². The van der Waals surface area contributed by atoms with Crippen LogP contribution in [0.25, 0.3) is 0 Å². The average molecular weight is 263 g/mol. The van der Waals surface area contributed by atoms with Crippen LogP contribution in [0, 0.1) is 6.92 Å². The quantitative estimate of drug-likeness (QED) is 0.819. The second-order valence-corrected chi connectivity index (χ2v) is 5.51. The van der Waals surface area contributed by atoms with Gasteiger partial charge >= 0.3 is 0 Å². The van der Waals surface area contributed by atoms with Gasteiger partial charge in [0.2, 0.25) is 0 Å². The number of rotatable bonds is 3. The van der Waals surface area contributed by atoms with E-state index < -0.39 is 0 Å². The molecule has 19 heavy (non-hydrogen) atoms. The van der Waals surface area contributed by atoms with Gasteiger partial charge in [-0.1, -0.05) is 0 Å². The Hall–Kier alpha value is -1.04. The largest absolute Gasteiger partial charge is 0.377 e. The number of ether oxygens (including phenoxy) is 2. The van der Waals surface area contributed by atoms with Crippen LogP contribution >= 0.6 is 0 Å². The molecule has 2 saturated heterocycles. The fourth-order valence-electron chi connectivity index (χ4n) is 3.28. The molecule has 104 valence electrons. The molecule has 0 saturated carbocycles. The lowest BCUT2D eigenvalue weighted by Gasteiger charge is -2.28. The van der Waals surface area contributed by atoms with Gasteiger partial charge < -0.3 is 9.47 Å². The number of nitrogens with zero attached hydrogens (tertiary/aromatic N) is 3. The van der Waals surface area contributed by atoms with Crippen LogP contribution in [0.2, 0.25) is 0 Å². The van der Waals surface area contributed by atoms with E-state index in [2.05, 4.69) is 14.9 Å². The number of likely N-dealkylation sites (tertiary alicyclic amines) is 1. The highest BCUT2D eigenvalue weighted by Gasteiger charge is 2.49. The molecule has 2 atom stereocenters. The Bertz CT molecular complexity index is 446. The molecule has 2 fully saturated rings. The third kappa shape index (κ3) is 2.50.